The number of rotatable bonds is 3. The zero-order valence-corrected chi connectivity index (χ0v) is 8.84. The van der Waals surface area contributed by atoms with E-state index in [1.54, 1.807) is 11.3 Å². The van der Waals surface area contributed by atoms with Gasteiger partial charge in [0.05, 0.1) is 5.01 Å². The zero-order valence-electron chi connectivity index (χ0n) is 8.03. The molecule has 0 bridgehead atoms. The Bertz CT molecular complexity index is 295. The van der Waals surface area contributed by atoms with Gasteiger partial charge in [0.2, 0.25) is 0 Å². The molecule has 1 aliphatic rings. The van der Waals surface area contributed by atoms with Crippen LogP contribution < -0.4 is 5.73 Å². The minimum Gasteiger partial charge on any atom is -0.327 e. The molecule has 0 aliphatic heterocycles. The molecular formula is C9H15N3S. The van der Waals surface area contributed by atoms with E-state index in [2.05, 4.69) is 24.0 Å². The summed E-state index contributed by atoms with van der Waals surface area (Å²) < 4.78 is 0. The van der Waals surface area contributed by atoms with E-state index in [0.717, 1.165) is 13.0 Å². The minimum atomic E-state index is 0.373. The first kappa shape index (κ1) is 9.12. The quantitative estimate of drug-likeness (QED) is 0.786. The Morgan fingerprint density at radius 2 is 2.38 bits per heavy atom. The predicted octanol–water partition coefficient (Wildman–Crippen LogP) is 1.02. The summed E-state index contributed by atoms with van der Waals surface area (Å²) in [6, 6.07) is 0.373. The van der Waals surface area contributed by atoms with Gasteiger partial charge in [0, 0.05) is 29.6 Å². The van der Waals surface area contributed by atoms with E-state index >= 15 is 0 Å². The van der Waals surface area contributed by atoms with Gasteiger partial charge in [-0.2, -0.15) is 0 Å². The minimum absolute atomic E-state index is 0.373. The van der Waals surface area contributed by atoms with Gasteiger partial charge in [-0.1, -0.05) is 0 Å². The summed E-state index contributed by atoms with van der Waals surface area (Å²) in [4.78, 5) is 7.88. The Morgan fingerprint density at radius 1 is 1.69 bits per heavy atom. The molecule has 0 saturated heterocycles. The lowest BCUT2D eigenvalue weighted by Gasteiger charge is -2.05. The summed E-state index contributed by atoms with van der Waals surface area (Å²) >= 11 is 1.80. The number of hydrogen-bond donors (Lipinski definition) is 1. The molecule has 1 saturated carbocycles. The normalized spacial score (nSPS) is 26.8. The van der Waals surface area contributed by atoms with Gasteiger partial charge in [-0.25, -0.2) is 4.98 Å². The second-order valence-corrected chi connectivity index (χ2v) is 5.06. The van der Waals surface area contributed by atoms with E-state index in [0.29, 0.717) is 12.0 Å². The Balaban J connectivity index is 2.01. The maximum atomic E-state index is 5.77. The SMILES string of the molecule is CN(C)Cc1cnc(C2CC2N)s1. The third-order valence-electron chi connectivity index (χ3n) is 2.20. The van der Waals surface area contributed by atoms with E-state index < -0.39 is 0 Å². The van der Waals surface area contributed by atoms with E-state index in [1.807, 2.05) is 6.20 Å². The van der Waals surface area contributed by atoms with E-state index in [-0.39, 0.29) is 0 Å². The molecule has 13 heavy (non-hydrogen) atoms. The number of hydrogen-bond acceptors (Lipinski definition) is 4. The summed E-state index contributed by atoms with van der Waals surface area (Å²) in [7, 11) is 4.14. The molecule has 1 aromatic rings. The van der Waals surface area contributed by atoms with E-state index in [4.69, 9.17) is 5.73 Å². The van der Waals surface area contributed by atoms with Crippen LogP contribution in [0.5, 0.6) is 0 Å². The van der Waals surface area contributed by atoms with Crippen LogP contribution in [0.25, 0.3) is 0 Å². The van der Waals surface area contributed by atoms with Crippen LogP contribution >= 0.6 is 11.3 Å². The first-order valence-electron chi connectivity index (χ1n) is 4.51. The van der Waals surface area contributed by atoms with Crippen molar-refractivity contribution in [2.24, 2.45) is 5.73 Å². The third kappa shape index (κ3) is 2.07. The lowest BCUT2D eigenvalue weighted by molar-refractivity contribution is 0.406. The van der Waals surface area contributed by atoms with Crippen LogP contribution in [0.3, 0.4) is 0 Å². The van der Waals surface area contributed by atoms with Crippen LogP contribution in [0.1, 0.15) is 22.2 Å². The molecule has 2 rings (SSSR count). The van der Waals surface area contributed by atoms with Crippen LogP contribution in [-0.2, 0) is 6.54 Å². The van der Waals surface area contributed by atoms with Crippen molar-refractivity contribution in [2.75, 3.05) is 14.1 Å². The zero-order chi connectivity index (χ0) is 9.42. The van der Waals surface area contributed by atoms with Gasteiger partial charge >= 0.3 is 0 Å². The average Bonchev–Trinajstić information content (AvgIpc) is 2.60. The topological polar surface area (TPSA) is 42.2 Å². The number of nitrogens with zero attached hydrogens (tertiary/aromatic N) is 2. The average molecular weight is 197 g/mol. The molecule has 1 aromatic heterocycles. The van der Waals surface area contributed by atoms with Crippen molar-refractivity contribution in [3.8, 4) is 0 Å². The van der Waals surface area contributed by atoms with Crippen LogP contribution in [-0.4, -0.2) is 30.0 Å². The number of nitrogens with two attached hydrogens (primary N) is 1. The largest absolute Gasteiger partial charge is 0.327 e. The summed E-state index contributed by atoms with van der Waals surface area (Å²) in [6.45, 7) is 0.986. The fourth-order valence-corrected chi connectivity index (χ4v) is 2.60. The lowest BCUT2D eigenvalue weighted by atomic mass is 10.4. The molecule has 1 fully saturated rings. The lowest BCUT2D eigenvalue weighted by Crippen LogP contribution is -2.09. The molecule has 0 radical (unpaired) electrons. The van der Waals surface area contributed by atoms with Gasteiger partial charge in [0.1, 0.15) is 0 Å². The third-order valence-corrected chi connectivity index (χ3v) is 3.31. The van der Waals surface area contributed by atoms with Crippen LogP contribution in [0, 0.1) is 0 Å². The molecule has 1 aliphatic carbocycles. The van der Waals surface area contributed by atoms with Crippen molar-refractivity contribution < 1.29 is 0 Å². The van der Waals surface area contributed by atoms with E-state index in [1.165, 1.54) is 9.88 Å². The molecule has 0 amide bonds. The van der Waals surface area contributed by atoms with Crippen molar-refractivity contribution in [3.05, 3.63) is 16.1 Å². The van der Waals surface area contributed by atoms with Crippen molar-refractivity contribution in [1.82, 2.24) is 9.88 Å². The molecule has 4 heteroatoms. The molecule has 0 spiro atoms. The molecule has 2 unspecified atom stereocenters. The van der Waals surface area contributed by atoms with Crippen LogP contribution in [0.2, 0.25) is 0 Å². The highest BCUT2D eigenvalue weighted by atomic mass is 32.1. The monoisotopic (exact) mass is 197 g/mol. The Hall–Kier alpha value is -0.450. The maximum absolute atomic E-state index is 5.77. The smallest absolute Gasteiger partial charge is 0.0975 e. The Labute approximate surface area is 82.6 Å². The Kier molecular flexibility index (Phi) is 2.36. The van der Waals surface area contributed by atoms with Crippen molar-refractivity contribution >= 4 is 11.3 Å². The first-order chi connectivity index (χ1) is 6.16. The summed E-state index contributed by atoms with van der Waals surface area (Å²) in [5.74, 6) is 0.556. The van der Waals surface area contributed by atoms with Gasteiger partial charge in [-0.05, 0) is 20.5 Å². The van der Waals surface area contributed by atoms with Gasteiger partial charge in [0.25, 0.3) is 0 Å². The summed E-state index contributed by atoms with van der Waals surface area (Å²) in [5.41, 5.74) is 5.77. The fourth-order valence-electron chi connectivity index (χ4n) is 1.38. The van der Waals surface area contributed by atoms with Crippen molar-refractivity contribution in [1.29, 1.82) is 0 Å². The molecule has 1 heterocycles. The van der Waals surface area contributed by atoms with Crippen LogP contribution in [0.15, 0.2) is 6.20 Å². The summed E-state index contributed by atoms with van der Waals surface area (Å²) in [5, 5.41) is 1.23. The van der Waals surface area contributed by atoms with Gasteiger partial charge in [-0.3, -0.25) is 0 Å². The highest BCUT2D eigenvalue weighted by molar-refractivity contribution is 7.11. The van der Waals surface area contributed by atoms with Crippen molar-refractivity contribution in [3.63, 3.8) is 0 Å². The first-order valence-corrected chi connectivity index (χ1v) is 5.33. The second kappa shape index (κ2) is 3.36. The highest BCUT2D eigenvalue weighted by Gasteiger charge is 2.37. The van der Waals surface area contributed by atoms with Gasteiger partial charge in [-0.15, -0.1) is 11.3 Å². The van der Waals surface area contributed by atoms with E-state index in [9.17, 15) is 0 Å². The molecule has 72 valence electrons. The molecule has 2 N–H and O–H groups in total. The molecule has 2 atom stereocenters. The second-order valence-electron chi connectivity index (χ2n) is 3.91. The predicted molar refractivity (Wildman–Crippen MR) is 54.8 cm³/mol. The number of aromatic nitrogens is 1. The summed E-state index contributed by atoms with van der Waals surface area (Å²) in [6.07, 6.45) is 3.10. The highest BCUT2D eigenvalue weighted by Crippen LogP contribution is 2.40. The van der Waals surface area contributed by atoms with Gasteiger partial charge < -0.3 is 10.6 Å². The molecule has 0 aromatic carbocycles. The van der Waals surface area contributed by atoms with Crippen LogP contribution in [0.4, 0.5) is 0 Å². The Morgan fingerprint density at radius 3 is 2.92 bits per heavy atom. The van der Waals surface area contributed by atoms with Crippen molar-refractivity contribution in [2.45, 2.75) is 24.9 Å². The molecule has 3 nitrogen and oxygen atoms in total. The van der Waals surface area contributed by atoms with Gasteiger partial charge in [0.15, 0.2) is 0 Å². The maximum Gasteiger partial charge on any atom is 0.0975 e. The molecular weight excluding hydrogens is 182 g/mol. The number of thiazole rings is 1. The standard InChI is InChI=1S/C9H15N3S/c1-12(2)5-6-4-11-9(13-6)7-3-8(7)10/h4,7-8H,3,5,10H2,1-2H3. The fraction of sp³-hybridized carbons (Fsp3) is 0.667.